The third-order valence-corrected chi connectivity index (χ3v) is 8.95. The van der Waals surface area contributed by atoms with Gasteiger partial charge in [0.05, 0.1) is 11.4 Å². The summed E-state index contributed by atoms with van der Waals surface area (Å²) < 4.78 is 6.56. The van der Waals surface area contributed by atoms with Gasteiger partial charge >= 0.3 is 0 Å². The Kier molecular flexibility index (Phi) is 5.06. The maximum absolute atomic E-state index is 6.56. The second kappa shape index (κ2) is 9.09. The predicted molar refractivity (Wildman–Crippen MR) is 176 cm³/mol. The van der Waals surface area contributed by atoms with Crippen LogP contribution in [0.25, 0.3) is 49.7 Å². The molecule has 9 rings (SSSR count). The summed E-state index contributed by atoms with van der Waals surface area (Å²) in [7, 11) is 0. The van der Waals surface area contributed by atoms with E-state index in [0.717, 1.165) is 29.1 Å². The highest BCUT2D eigenvalue weighted by molar-refractivity contribution is 6.10. The lowest BCUT2D eigenvalue weighted by Crippen LogP contribution is -2.12. The van der Waals surface area contributed by atoms with E-state index < -0.39 is 0 Å². The van der Waals surface area contributed by atoms with E-state index in [1.807, 2.05) is 0 Å². The lowest BCUT2D eigenvalue weighted by Gasteiger charge is -2.28. The molecule has 1 aliphatic heterocycles. The minimum Gasteiger partial charge on any atom is -0.456 e. The average Bonchev–Trinajstić information content (AvgIpc) is 3.34. The monoisotopic (exact) mass is 537 g/mol. The third-order valence-electron chi connectivity index (χ3n) is 8.95. The molecule has 6 aromatic carbocycles. The standard InChI is InChI=1S/C40H27NO/c1-3-10-26(11-4-1)28-20-23-35-34(25-28)33-14-5-2-6-16-37-39(33)40-36(15-9-17-38(40)42-37)41(35)30-21-22-32-29(24-30)19-18-27-12-7-8-13-31(27)32/h1-13,15-25,33H,14H2/b5-2+,16-6-. The van der Waals surface area contributed by atoms with Gasteiger partial charge in [-0.2, -0.15) is 0 Å². The first-order valence-electron chi connectivity index (χ1n) is 14.6. The summed E-state index contributed by atoms with van der Waals surface area (Å²) in [4.78, 5) is 2.45. The van der Waals surface area contributed by atoms with E-state index in [-0.39, 0.29) is 5.92 Å². The number of rotatable bonds is 2. The fraction of sp³-hybridized carbons (Fsp3) is 0.0500. The van der Waals surface area contributed by atoms with Gasteiger partial charge in [0.1, 0.15) is 11.3 Å². The molecule has 0 fully saturated rings. The molecule has 0 N–H and O–H groups in total. The number of nitrogens with zero attached hydrogens (tertiary/aromatic N) is 1. The Morgan fingerprint density at radius 2 is 1.48 bits per heavy atom. The van der Waals surface area contributed by atoms with Crippen molar-refractivity contribution in [2.75, 3.05) is 4.90 Å². The Morgan fingerprint density at radius 1 is 0.619 bits per heavy atom. The van der Waals surface area contributed by atoms with Gasteiger partial charge in [-0.15, -0.1) is 0 Å². The fourth-order valence-electron chi connectivity index (χ4n) is 7.06. The Morgan fingerprint density at radius 3 is 2.43 bits per heavy atom. The van der Waals surface area contributed by atoms with Crippen molar-refractivity contribution < 1.29 is 4.42 Å². The van der Waals surface area contributed by atoms with Crippen LogP contribution in [-0.4, -0.2) is 0 Å². The van der Waals surface area contributed by atoms with Crippen LogP contribution < -0.4 is 4.90 Å². The Hall–Kier alpha value is -5.34. The van der Waals surface area contributed by atoms with E-state index in [0.29, 0.717) is 0 Å². The summed E-state index contributed by atoms with van der Waals surface area (Å²) in [5.41, 5.74) is 9.51. The van der Waals surface area contributed by atoms with E-state index in [9.17, 15) is 0 Å². The van der Waals surface area contributed by atoms with Crippen LogP contribution in [0.5, 0.6) is 0 Å². The summed E-state index contributed by atoms with van der Waals surface area (Å²) >= 11 is 0. The Balaban J connectivity index is 1.36. The van der Waals surface area contributed by atoms with Crippen LogP contribution in [0.4, 0.5) is 17.1 Å². The van der Waals surface area contributed by atoms with E-state index in [1.54, 1.807) is 0 Å². The molecule has 1 atom stereocenters. The number of allylic oxidation sites excluding steroid dienone is 3. The van der Waals surface area contributed by atoms with Crippen molar-refractivity contribution in [3.8, 4) is 11.1 Å². The molecule has 0 amide bonds. The van der Waals surface area contributed by atoms with Gasteiger partial charge in [-0.1, -0.05) is 103 Å². The van der Waals surface area contributed by atoms with Crippen LogP contribution in [0.1, 0.15) is 29.2 Å². The number of anilines is 3. The molecule has 42 heavy (non-hydrogen) atoms. The van der Waals surface area contributed by atoms with E-state index in [1.165, 1.54) is 54.9 Å². The second-order valence-corrected chi connectivity index (χ2v) is 11.3. The SMILES string of the molecule is C1=C\c2oc3cccc4c3c2C(C/C=C/1)c1cc(-c2ccccc2)ccc1N4c1ccc2c(ccc3ccccc32)c1. The molecular weight excluding hydrogens is 510 g/mol. The average molecular weight is 538 g/mol. The summed E-state index contributed by atoms with van der Waals surface area (Å²) in [5, 5.41) is 6.26. The zero-order valence-electron chi connectivity index (χ0n) is 23.0. The van der Waals surface area contributed by atoms with Crippen LogP contribution in [-0.2, 0) is 0 Å². The van der Waals surface area contributed by atoms with Crippen LogP contribution in [0, 0.1) is 0 Å². The van der Waals surface area contributed by atoms with Crippen LogP contribution >= 0.6 is 0 Å². The Labute approximate surface area is 244 Å². The zero-order valence-corrected chi connectivity index (χ0v) is 23.0. The van der Waals surface area contributed by atoms with Gasteiger partial charge < -0.3 is 9.32 Å². The van der Waals surface area contributed by atoms with Crippen molar-refractivity contribution in [2.24, 2.45) is 0 Å². The van der Waals surface area contributed by atoms with Gasteiger partial charge in [0.2, 0.25) is 0 Å². The Bertz CT molecular complexity index is 2230. The van der Waals surface area contributed by atoms with E-state index in [4.69, 9.17) is 4.42 Å². The van der Waals surface area contributed by atoms with Crippen molar-refractivity contribution in [2.45, 2.75) is 12.3 Å². The molecule has 2 heteroatoms. The van der Waals surface area contributed by atoms with Gasteiger partial charge in [0.25, 0.3) is 0 Å². The van der Waals surface area contributed by atoms with Gasteiger partial charge in [-0.05, 0) is 87.1 Å². The largest absolute Gasteiger partial charge is 0.456 e. The van der Waals surface area contributed by atoms with E-state index >= 15 is 0 Å². The number of benzene rings is 6. The first-order valence-corrected chi connectivity index (χ1v) is 14.6. The topological polar surface area (TPSA) is 16.4 Å². The molecule has 0 radical (unpaired) electrons. The molecule has 1 aliphatic carbocycles. The summed E-state index contributed by atoms with van der Waals surface area (Å²) in [6.45, 7) is 0. The molecule has 1 aromatic heterocycles. The molecular formula is C40H27NO. The lowest BCUT2D eigenvalue weighted by atomic mass is 9.84. The molecule has 0 saturated heterocycles. The van der Waals surface area contributed by atoms with Crippen molar-refractivity contribution in [1.82, 2.24) is 0 Å². The normalized spacial score (nSPS) is 17.0. The molecule has 2 nitrogen and oxygen atoms in total. The molecule has 0 bridgehead atoms. The second-order valence-electron chi connectivity index (χ2n) is 11.3. The predicted octanol–water partition coefficient (Wildman–Crippen LogP) is 11.3. The fourth-order valence-corrected chi connectivity index (χ4v) is 7.06. The van der Waals surface area contributed by atoms with E-state index in [2.05, 4.69) is 151 Å². The van der Waals surface area contributed by atoms with Crippen molar-refractivity contribution in [3.63, 3.8) is 0 Å². The first-order chi connectivity index (χ1) is 20.8. The van der Waals surface area contributed by atoms with Crippen LogP contribution in [0.3, 0.4) is 0 Å². The van der Waals surface area contributed by atoms with Crippen LogP contribution in [0.2, 0.25) is 0 Å². The summed E-state index contributed by atoms with van der Waals surface area (Å²) in [6, 6.07) is 44.2. The molecule has 0 spiro atoms. The maximum atomic E-state index is 6.56. The highest BCUT2D eigenvalue weighted by Gasteiger charge is 2.33. The summed E-state index contributed by atoms with van der Waals surface area (Å²) in [5.74, 6) is 1.12. The lowest BCUT2D eigenvalue weighted by molar-refractivity contribution is 0.593. The minimum absolute atomic E-state index is 0.164. The third kappa shape index (κ3) is 3.45. The summed E-state index contributed by atoms with van der Waals surface area (Å²) in [6.07, 6.45) is 9.57. The molecule has 2 heterocycles. The number of hydrogen-bond acceptors (Lipinski definition) is 2. The van der Waals surface area contributed by atoms with Gasteiger partial charge in [-0.25, -0.2) is 0 Å². The first kappa shape index (κ1) is 23.4. The highest BCUT2D eigenvalue weighted by atomic mass is 16.3. The number of furan rings is 1. The van der Waals surface area contributed by atoms with Crippen molar-refractivity contribution in [3.05, 3.63) is 156 Å². The zero-order chi connectivity index (χ0) is 27.6. The van der Waals surface area contributed by atoms with Crippen molar-refractivity contribution in [1.29, 1.82) is 0 Å². The molecule has 7 aromatic rings. The minimum atomic E-state index is 0.164. The number of fused-ring (bicyclic) bond motifs is 5. The molecule has 2 aliphatic rings. The molecule has 198 valence electrons. The van der Waals surface area contributed by atoms with Gasteiger partial charge in [0.15, 0.2) is 0 Å². The van der Waals surface area contributed by atoms with Crippen molar-refractivity contribution >= 4 is 55.7 Å². The van der Waals surface area contributed by atoms with Crippen LogP contribution in [0.15, 0.2) is 144 Å². The van der Waals surface area contributed by atoms with Gasteiger partial charge in [0, 0.05) is 22.6 Å². The quantitative estimate of drug-likeness (QED) is 0.204. The maximum Gasteiger partial charge on any atom is 0.137 e. The molecule has 0 saturated carbocycles. The smallest absolute Gasteiger partial charge is 0.137 e. The molecule has 1 unspecified atom stereocenters. The van der Waals surface area contributed by atoms with Gasteiger partial charge in [-0.3, -0.25) is 0 Å². The number of hydrogen-bond donors (Lipinski definition) is 0. The highest BCUT2D eigenvalue weighted by Crippen LogP contribution is 2.53.